The first-order valence-corrected chi connectivity index (χ1v) is 11.6. The molecule has 10 nitrogen and oxygen atoms in total. The summed E-state index contributed by atoms with van der Waals surface area (Å²) < 4.78 is 48.1. The molecule has 2 fully saturated rings. The van der Waals surface area contributed by atoms with E-state index in [9.17, 15) is 32.7 Å². The van der Waals surface area contributed by atoms with Gasteiger partial charge in [-0.1, -0.05) is 0 Å². The molecule has 2 aromatic rings. The van der Waals surface area contributed by atoms with Crippen molar-refractivity contribution in [3.05, 3.63) is 34.2 Å². The van der Waals surface area contributed by atoms with Gasteiger partial charge in [-0.05, 0) is 45.4 Å². The van der Waals surface area contributed by atoms with Gasteiger partial charge in [-0.25, -0.2) is 9.48 Å². The molecular weight excluding hydrogens is 483 g/mol. The Morgan fingerprint density at radius 1 is 1.11 bits per heavy atom. The lowest BCUT2D eigenvalue weighted by molar-refractivity contribution is -0.142. The van der Waals surface area contributed by atoms with Crippen LogP contribution in [0.15, 0.2) is 23.0 Å². The molecule has 1 aromatic carbocycles. The van der Waals surface area contributed by atoms with Crippen LogP contribution in [0.1, 0.15) is 45.3 Å². The van der Waals surface area contributed by atoms with E-state index in [2.05, 4.69) is 10.4 Å². The van der Waals surface area contributed by atoms with Crippen molar-refractivity contribution in [2.24, 2.45) is 0 Å². The first-order chi connectivity index (χ1) is 16.7. The molecule has 2 amide bonds. The van der Waals surface area contributed by atoms with Gasteiger partial charge < -0.3 is 25.0 Å². The molecule has 0 saturated carbocycles. The van der Waals surface area contributed by atoms with Gasteiger partial charge in [0.2, 0.25) is 5.91 Å². The van der Waals surface area contributed by atoms with Crippen LogP contribution in [-0.4, -0.2) is 69.8 Å². The second-order valence-corrected chi connectivity index (χ2v) is 9.90. The SMILES string of the molecule is CC(C)(C)OC(=O)N1CCN(c2ccc3c(=O)n(C4CCC(=O)NC4O)nc(C(F)(F)F)c3c2)CC1. The zero-order chi connectivity index (χ0) is 26.4. The van der Waals surface area contributed by atoms with Crippen LogP contribution in [0.5, 0.6) is 0 Å². The normalized spacial score (nSPS) is 21.5. The molecule has 4 rings (SSSR count). The minimum Gasteiger partial charge on any atom is -0.444 e. The Kier molecular flexibility index (Phi) is 6.62. The summed E-state index contributed by atoms with van der Waals surface area (Å²) in [4.78, 5) is 40.2. The molecule has 196 valence electrons. The molecule has 2 aliphatic heterocycles. The molecule has 2 unspecified atom stereocenters. The number of nitrogens with one attached hydrogen (secondary N) is 1. The first-order valence-electron chi connectivity index (χ1n) is 11.6. The van der Waals surface area contributed by atoms with E-state index in [4.69, 9.17) is 4.74 Å². The number of aromatic nitrogens is 2. The van der Waals surface area contributed by atoms with Crippen LogP contribution in [0.2, 0.25) is 0 Å². The molecule has 13 heteroatoms. The van der Waals surface area contributed by atoms with Gasteiger partial charge >= 0.3 is 12.3 Å². The van der Waals surface area contributed by atoms with E-state index in [0.29, 0.717) is 36.5 Å². The number of ether oxygens (including phenoxy) is 1. The number of fused-ring (bicyclic) bond motifs is 1. The molecule has 1 aromatic heterocycles. The number of amides is 2. The zero-order valence-electron chi connectivity index (χ0n) is 20.1. The Labute approximate surface area is 204 Å². The number of hydrogen-bond acceptors (Lipinski definition) is 7. The number of aliphatic hydroxyl groups is 1. The number of carbonyl (C=O) groups is 2. The lowest BCUT2D eigenvalue weighted by Crippen LogP contribution is -2.50. The van der Waals surface area contributed by atoms with Crippen molar-refractivity contribution in [3.8, 4) is 0 Å². The Morgan fingerprint density at radius 3 is 2.36 bits per heavy atom. The van der Waals surface area contributed by atoms with Gasteiger partial charge in [0.25, 0.3) is 5.56 Å². The van der Waals surface area contributed by atoms with Gasteiger partial charge in [0.1, 0.15) is 17.9 Å². The van der Waals surface area contributed by atoms with Crippen molar-refractivity contribution < 1.29 is 32.6 Å². The maximum absolute atomic E-state index is 14.0. The van der Waals surface area contributed by atoms with Gasteiger partial charge in [0, 0.05) is 43.7 Å². The van der Waals surface area contributed by atoms with Gasteiger partial charge in [0.05, 0.1) is 5.39 Å². The van der Waals surface area contributed by atoms with Crippen molar-refractivity contribution >= 4 is 28.5 Å². The highest BCUT2D eigenvalue weighted by Gasteiger charge is 2.39. The largest absolute Gasteiger partial charge is 0.444 e. The third-order valence-corrected chi connectivity index (χ3v) is 6.12. The highest BCUT2D eigenvalue weighted by Crippen LogP contribution is 2.35. The number of nitrogens with zero attached hydrogens (tertiary/aromatic N) is 4. The number of hydrogen-bond donors (Lipinski definition) is 2. The molecule has 0 radical (unpaired) electrons. The van der Waals surface area contributed by atoms with Crippen molar-refractivity contribution in [2.75, 3.05) is 31.1 Å². The van der Waals surface area contributed by atoms with Crippen molar-refractivity contribution in [2.45, 2.75) is 57.7 Å². The van der Waals surface area contributed by atoms with E-state index >= 15 is 0 Å². The summed E-state index contributed by atoms with van der Waals surface area (Å²) in [5.41, 5.74) is -2.23. The molecule has 2 atom stereocenters. The maximum Gasteiger partial charge on any atom is 0.435 e. The predicted octanol–water partition coefficient (Wildman–Crippen LogP) is 2.24. The summed E-state index contributed by atoms with van der Waals surface area (Å²) >= 11 is 0. The molecule has 2 saturated heterocycles. The topological polar surface area (TPSA) is 117 Å². The number of carbonyl (C=O) groups excluding carboxylic acids is 2. The summed E-state index contributed by atoms with van der Waals surface area (Å²) in [5, 5.41) is 15.4. The second kappa shape index (κ2) is 9.26. The lowest BCUT2D eigenvalue weighted by atomic mass is 10.0. The quantitative estimate of drug-likeness (QED) is 0.635. The van der Waals surface area contributed by atoms with Crippen LogP contribution in [0.3, 0.4) is 0 Å². The second-order valence-electron chi connectivity index (χ2n) is 9.90. The summed E-state index contributed by atoms with van der Waals surface area (Å²) in [6.07, 6.45) is -6.93. The van der Waals surface area contributed by atoms with Crippen molar-refractivity contribution in [1.82, 2.24) is 20.0 Å². The Balaban J connectivity index is 1.65. The number of aliphatic hydroxyl groups excluding tert-OH is 1. The van der Waals surface area contributed by atoms with Crippen LogP contribution in [0.25, 0.3) is 10.8 Å². The fraction of sp³-hybridized carbons (Fsp3) is 0.565. The van der Waals surface area contributed by atoms with Gasteiger partial charge in [-0.15, -0.1) is 0 Å². The maximum atomic E-state index is 14.0. The molecule has 0 bridgehead atoms. The summed E-state index contributed by atoms with van der Waals surface area (Å²) in [6.45, 7) is 6.67. The van der Waals surface area contributed by atoms with E-state index in [1.54, 1.807) is 31.7 Å². The fourth-order valence-electron chi connectivity index (χ4n) is 4.38. The van der Waals surface area contributed by atoms with Crippen molar-refractivity contribution in [1.29, 1.82) is 0 Å². The predicted molar refractivity (Wildman–Crippen MR) is 123 cm³/mol. The highest BCUT2D eigenvalue weighted by atomic mass is 19.4. The Bertz CT molecular complexity index is 1230. The molecule has 0 aliphatic carbocycles. The number of rotatable bonds is 2. The van der Waals surface area contributed by atoms with Crippen LogP contribution in [0, 0.1) is 0 Å². The van der Waals surface area contributed by atoms with Crippen molar-refractivity contribution in [3.63, 3.8) is 0 Å². The monoisotopic (exact) mass is 511 g/mol. The number of piperazine rings is 1. The summed E-state index contributed by atoms with van der Waals surface area (Å²) in [5.74, 6) is -0.458. The number of benzene rings is 1. The number of alkyl halides is 3. The Hall–Kier alpha value is -3.35. The molecule has 2 aliphatic rings. The van der Waals surface area contributed by atoms with Crippen LogP contribution < -0.4 is 15.8 Å². The van der Waals surface area contributed by atoms with Crippen LogP contribution in [-0.2, 0) is 15.7 Å². The van der Waals surface area contributed by atoms with E-state index in [1.807, 2.05) is 4.90 Å². The third kappa shape index (κ3) is 5.25. The average molecular weight is 512 g/mol. The number of piperidine rings is 1. The third-order valence-electron chi connectivity index (χ3n) is 6.12. The minimum absolute atomic E-state index is 0.0251. The molecule has 3 heterocycles. The molecule has 2 N–H and O–H groups in total. The lowest BCUT2D eigenvalue weighted by Gasteiger charge is -2.37. The first kappa shape index (κ1) is 25.7. The smallest absolute Gasteiger partial charge is 0.435 e. The van der Waals surface area contributed by atoms with E-state index in [-0.39, 0.29) is 23.6 Å². The van der Waals surface area contributed by atoms with E-state index in [1.165, 1.54) is 12.1 Å². The number of halogens is 3. The van der Waals surface area contributed by atoms with Gasteiger partial charge in [-0.3, -0.25) is 9.59 Å². The fourth-order valence-corrected chi connectivity index (χ4v) is 4.38. The summed E-state index contributed by atoms with van der Waals surface area (Å²) in [6, 6.07) is 3.02. The van der Waals surface area contributed by atoms with Gasteiger partial charge in [0.15, 0.2) is 5.69 Å². The summed E-state index contributed by atoms with van der Waals surface area (Å²) in [7, 11) is 0. The molecular formula is C23H28F3N5O5. The van der Waals surface area contributed by atoms with E-state index < -0.39 is 47.3 Å². The minimum atomic E-state index is -4.87. The van der Waals surface area contributed by atoms with E-state index in [0.717, 1.165) is 0 Å². The standard InChI is InChI=1S/C23H28F3N5O5/c1-22(2,3)36-21(35)30-10-8-29(9-11-30)13-4-5-14-15(12-13)18(23(24,25)26)28-31(20(14)34)16-6-7-17(32)27-19(16)33/h4-5,12,16,19,33H,6-11H2,1-3H3,(H,27,32). The Morgan fingerprint density at radius 2 is 1.78 bits per heavy atom. The zero-order valence-corrected chi connectivity index (χ0v) is 20.1. The average Bonchev–Trinajstić information content (AvgIpc) is 2.78. The van der Waals surface area contributed by atoms with Crippen LogP contribution >= 0.6 is 0 Å². The number of anilines is 1. The molecule has 0 spiro atoms. The highest BCUT2D eigenvalue weighted by molar-refractivity contribution is 5.87. The van der Waals surface area contributed by atoms with Crippen LogP contribution in [0.4, 0.5) is 23.7 Å². The van der Waals surface area contributed by atoms with Gasteiger partial charge in [-0.2, -0.15) is 18.3 Å². The molecule has 36 heavy (non-hydrogen) atoms.